The van der Waals surface area contributed by atoms with Gasteiger partial charge in [0.1, 0.15) is 6.29 Å². The summed E-state index contributed by atoms with van der Waals surface area (Å²) >= 11 is 0. The van der Waals surface area contributed by atoms with Gasteiger partial charge in [0.2, 0.25) is 0 Å². The number of carbonyl (C=O) groups is 1. The lowest BCUT2D eigenvalue weighted by molar-refractivity contribution is -0.106. The van der Waals surface area contributed by atoms with Gasteiger partial charge in [-0.3, -0.25) is 4.79 Å². The van der Waals surface area contributed by atoms with Crippen LogP contribution in [0.4, 0.5) is 0 Å². The highest BCUT2D eigenvalue weighted by molar-refractivity contribution is 5.77. The van der Waals surface area contributed by atoms with Crippen molar-refractivity contribution in [3.05, 3.63) is 11.1 Å². The maximum absolute atomic E-state index is 11.0. The zero-order chi connectivity index (χ0) is 12.2. The van der Waals surface area contributed by atoms with E-state index in [0.29, 0.717) is 11.8 Å². The van der Waals surface area contributed by atoms with Crippen molar-refractivity contribution in [3.63, 3.8) is 0 Å². The van der Waals surface area contributed by atoms with E-state index in [9.17, 15) is 4.79 Å². The summed E-state index contributed by atoms with van der Waals surface area (Å²) in [6, 6.07) is 0. The van der Waals surface area contributed by atoms with E-state index in [0.717, 1.165) is 11.9 Å². The van der Waals surface area contributed by atoms with Crippen molar-refractivity contribution in [1.29, 1.82) is 0 Å². The van der Waals surface area contributed by atoms with Crippen LogP contribution in [-0.2, 0) is 4.79 Å². The zero-order valence-electron chi connectivity index (χ0n) is 11.3. The van der Waals surface area contributed by atoms with Gasteiger partial charge in [0.25, 0.3) is 0 Å². The number of hydrogen-bond donors (Lipinski definition) is 0. The van der Waals surface area contributed by atoms with Gasteiger partial charge < -0.3 is 0 Å². The number of aldehydes is 1. The third-order valence-corrected chi connectivity index (χ3v) is 3.92. The molecule has 0 aromatic carbocycles. The Balaban J connectivity index is 0.000000921. The lowest BCUT2D eigenvalue weighted by Crippen LogP contribution is -2.32. The second kappa shape index (κ2) is 5.48. The molecule has 88 valence electrons. The third-order valence-electron chi connectivity index (χ3n) is 3.92. The van der Waals surface area contributed by atoms with Crippen LogP contribution in [0.1, 0.15) is 54.9 Å². The van der Waals surface area contributed by atoms with E-state index in [4.69, 9.17) is 0 Å². The quantitative estimate of drug-likeness (QED) is 0.592. The zero-order valence-corrected chi connectivity index (χ0v) is 11.3. The van der Waals surface area contributed by atoms with Crippen LogP contribution < -0.4 is 0 Å². The van der Waals surface area contributed by atoms with Crippen LogP contribution in [0.25, 0.3) is 0 Å². The fourth-order valence-corrected chi connectivity index (χ4v) is 2.29. The number of allylic oxidation sites excluding steroid dienone is 2. The number of carbonyl (C=O) groups excluding carboxylic acids is 1. The molecule has 0 fully saturated rings. The molecule has 0 bridgehead atoms. The topological polar surface area (TPSA) is 17.1 Å². The van der Waals surface area contributed by atoms with Gasteiger partial charge in [-0.1, -0.05) is 47.1 Å². The largest absolute Gasteiger partial charge is 0.298 e. The predicted molar refractivity (Wildman–Crippen MR) is 66.8 cm³/mol. The highest BCUT2D eigenvalue weighted by atomic mass is 16.1. The minimum Gasteiger partial charge on any atom is -0.298 e. The van der Waals surface area contributed by atoms with Crippen molar-refractivity contribution in [2.45, 2.75) is 54.9 Å². The first-order chi connectivity index (χ1) is 6.91. The van der Waals surface area contributed by atoms with Gasteiger partial charge in [0.05, 0.1) is 0 Å². The lowest BCUT2D eigenvalue weighted by Gasteiger charge is -2.40. The van der Waals surface area contributed by atoms with Crippen LogP contribution in [-0.4, -0.2) is 6.29 Å². The van der Waals surface area contributed by atoms with E-state index < -0.39 is 0 Å². The second-order valence-electron chi connectivity index (χ2n) is 4.97. The molecule has 0 heterocycles. The summed E-state index contributed by atoms with van der Waals surface area (Å²) in [6.07, 6.45) is 2.26. The van der Waals surface area contributed by atoms with Gasteiger partial charge in [-0.05, 0) is 36.2 Å². The fraction of sp³-hybridized carbons (Fsp3) is 0.786. The molecule has 0 saturated carbocycles. The first-order valence-electron chi connectivity index (χ1n) is 6.07. The molecule has 0 radical (unpaired) electrons. The Morgan fingerprint density at radius 3 is 2.13 bits per heavy atom. The SMILES string of the molecule is CC.CC1=C(C=O)C(C)(C)C(C)CC1C. The van der Waals surface area contributed by atoms with Gasteiger partial charge in [-0.25, -0.2) is 0 Å². The summed E-state index contributed by atoms with van der Waals surface area (Å²) in [5.74, 6) is 1.18. The fourth-order valence-electron chi connectivity index (χ4n) is 2.29. The molecule has 0 spiro atoms. The van der Waals surface area contributed by atoms with E-state index in [1.165, 1.54) is 12.0 Å². The molecular formula is C14H26O. The molecular weight excluding hydrogens is 184 g/mol. The molecule has 1 rings (SSSR count). The van der Waals surface area contributed by atoms with Crippen molar-refractivity contribution in [1.82, 2.24) is 0 Å². The van der Waals surface area contributed by atoms with E-state index in [1.54, 1.807) is 0 Å². The molecule has 0 aromatic heterocycles. The molecule has 1 heteroatoms. The first kappa shape index (κ1) is 14.4. The molecule has 1 aliphatic carbocycles. The Kier molecular flexibility index (Phi) is 5.27. The van der Waals surface area contributed by atoms with Crippen molar-refractivity contribution < 1.29 is 4.79 Å². The molecule has 1 aliphatic rings. The minimum absolute atomic E-state index is 0.0678. The van der Waals surface area contributed by atoms with Crippen LogP contribution in [0.3, 0.4) is 0 Å². The third kappa shape index (κ3) is 2.70. The predicted octanol–water partition coefficient (Wildman–Crippen LogP) is 4.23. The van der Waals surface area contributed by atoms with E-state index in [1.807, 2.05) is 13.8 Å². The summed E-state index contributed by atoms with van der Waals surface area (Å²) in [7, 11) is 0. The van der Waals surface area contributed by atoms with Crippen LogP contribution in [0.15, 0.2) is 11.1 Å². The van der Waals surface area contributed by atoms with Crippen LogP contribution in [0.5, 0.6) is 0 Å². The Labute approximate surface area is 95.0 Å². The average Bonchev–Trinajstić information content (AvgIpc) is 2.19. The van der Waals surface area contributed by atoms with E-state index >= 15 is 0 Å². The summed E-state index contributed by atoms with van der Waals surface area (Å²) < 4.78 is 0. The maximum Gasteiger partial charge on any atom is 0.146 e. The highest BCUT2D eigenvalue weighted by Crippen LogP contribution is 2.45. The Hall–Kier alpha value is -0.590. The molecule has 2 unspecified atom stereocenters. The lowest BCUT2D eigenvalue weighted by atomic mass is 9.64. The van der Waals surface area contributed by atoms with Crippen molar-refractivity contribution in [2.24, 2.45) is 17.3 Å². The summed E-state index contributed by atoms with van der Waals surface area (Å²) in [6.45, 7) is 14.9. The Bertz CT molecular complexity index is 248. The monoisotopic (exact) mass is 210 g/mol. The standard InChI is InChI=1S/C12H20O.C2H6/c1-8-6-9(2)12(4,5)11(7-13)10(8)3;1-2/h7-9H,6H2,1-5H3;1-2H3. The minimum atomic E-state index is 0.0678. The summed E-state index contributed by atoms with van der Waals surface area (Å²) in [5.41, 5.74) is 2.38. The van der Waals surface area contributed by atoms with Gasteiger partial charge in [0.15, 0.2) is 0 Å². The molecule has 2 atom stereocenters. The normalized spacial score (nSPS) is 29.3. The van der Waals surface area contributed by atoms with Gasteiger partial charge in [-0.15, -0.1) is 0 Å². The van der Waals surface area contributed by atoms with Crippen molar-refractivity contribution in [2.75, 3.05) is 0 Å². The average molecular weight is 210 g/mol. The Morgan fingerprint density at radius 1 is 1.27 bits per heavy atom. The maximum atomic E-state index is 11.0. The second-order valence-corrected chi connectivity index (χ2v) is 4.97. The molecule has 0 N–H and O–H groups in total. The van der Waals surface area contributed by atoms with Crippen molar-refractivity contribution in [3.8, 4) is 0 Å². The number of rotatable bonds is 1. The molecule has 15 heavy (non-hydrogen) atoms. The highest BCUT2D eigenvalue weighted by Gasteiger charge is 2.36. The molecule has 1 nitrogen and oxygen atoms in total. The summed E-state index contributed by atoms with van der Waals surface area (Å²) in [4.78, 5) is 11.0. The van der Waals surface area contributed by atoms with E-state index in [2.05, 4.69) is 34.6 Å². The number of hydrogen-bond acceptors (Lipinski definition) is 1. The molecule has 0 aliphatic heterocycles. The Morgan fingerprint density at radius 2 is 1.73 bits per heavy atom. The summed E-state index contributed by atoms with van der Waals surface area (Å²) in [5, 5.41) is 0. The van der Waals surface area contributed by atoms with Crippen molar-refractivity contribution >= 4 is 6.29 Å². The van der Waals surface area contributed by atoms with Crippen LogP contribution >= 0.6 is 0 Å². The molecule has 0 amide bonds. The van der Waals surface area contributed by atoms with Crippen LogP contribution in [0.2, 0.25) is 0 Å². The smallest absolute Gasteiger partial charge is 0.146 e. The van der Waals surface area contributed by atoms with Gasteiger partial charge in [0, 0.05) is 0 Å². The van der Waals surface area contributed by atoms with E-state index in [-0.39, 0.29) is 5.41 Å². The van der Waals surface area contributed by atoms with Crippen LogP contribution in [0, 0.1) is 17.3 Å². The van der Waals surface area contributed by atoms with Gasteiger partial charge in [-0.2, -0.15) is 0 Å². The molecule has 0 aromatic rings. The molecule has 0 saturated heterocycles. The first-order valence-corrected chi connectivity index (χ1v) is 6.07. The van der Waals surface area contributed by atoms with Gasteiger partial charge >= 0.3 is 0 Å².